The molecule has 0 radical (unpaired) electrons. The molecule has 5 nitrogen and oxygen atoms in total. The van der Waals surface area contributed by atoms with Crippen LogP contribution in [-0.4, -0.2) is 24.0 Å². The van der Waals surface area contributed by atoms with Crippen LogP contribution in [0.4, 0.5) is 0 Å². The monoisotopic (exact) mass is 417 g/mol. The summed E-state index contributed by atoms with van der Waals surface area (Å²) in [5, 5.41) is 12.5. The fourth-order valence-corrected chi connectivity index (χ4v) is 3.44. The first-order valence-corrected chi connectivity index (χ1v) is 10.2. The van der Waals surface area contributed by atoms with Crippen LogP contribution in [0.2, 0.25) is 0 Å². The Morgan fingerprint density at radius 2 is 1.65 bits per heavy atom. The van der Waals surface area contributed by atoms with E-state index in [1.54, 1.807) is 19.1 Å². The number of hydrogen-bond acceptors (Lipinski definition) is 5. The van der Waals surface area contributed by atoms with Gasteiger partial charge in [-0.1, -0.05) is 54.5 Å². The van der Waals surface area contributed by atoms with Gasteiger partial charge in [-0.3, -0.25) is 0 Å². The van der Waals surface area contributed by atoms with Gasteiger partial charge >= 0.3 is 5.97 Å². The Balaban J connectivity index is 1.84. The van der Waals surface area contributed by atoms with Crippen LogP contribution < -0.4 is 4.74 Å². The molecule has 1 atom stereocenters. The first-order chi connectivity index (χ1) is 15.0. The SMILES string of the molecule is COC(=O)c1ccc(CC(C)c2cc(C(C)=NO)ccc2OCc2ccccc2)cc1. The van der Waals surface area contributed by atoms with Gasteiger partial charge in [0.2, 0.25) is 0 Å². The largest absolute Gasteiger partial charge is 0.489 e. The smallest absolute Gasteiger partial charge is 0.337 e. The summed E-state index contributed by atoms with van der Waals surface area (Å²) in [6.45, 7) is 4.37. The molecule has 0 aliphatic heterocycles. The van der Waals surface area contributed by atoms with E-state index in [0.29, 0.717) is 17.9 Å². The van der Waals surface area contributed by atoms with Crippen molar-refractivity contribution in [2.24, 2.45) is 5.16 Å². The molecular weight excluding hydrogens is 390 g/mol. The molecule has 5 heteroatoms. The molecule has 3 rings (SSSR count). The van der Waals surface area contributed by atoms with Crippen molar-refractivity contribution in [2.75, 3.05) is 7.11 Å². The number of ether oxygens (including phenoxy) is 2. The quantitative estimate of drug-likeness (QED) is 0.224. The van der Waals surface area contributed by atoms with Crippen molar-refractivity contribution in [2.45, 2.75) is 32.8 Å². The van der Waals surface area contributed by atoms with Gasteiger partial charge in [0, 0.05) is 0 Å². The number of nitrogens with zero attached hydrogens (tertiary/aromatic N) is 1. The number of benzene rings is 3. The summed E-state index contributed by atoms with van der Waals surface area (Å²) >= 11 is 0. The number of esters is 1. The van der Waals surface area contributed by atoms with Gasteiger partial charge < -0.3 is 14.7 Å². The Morgan fingerprint density at radius 1 is 0.968 bits per heavy atom. The summed E-state index contributed by atoms with van der Waals surface area (Å²) in [6, 6.07) is 23.3. The fraction of sp³-hybridized carbons (Fsp3) is 0.231. The zero-order valence-electron chi connectivity index (χ0n) is 18.0. The first-order valence-electron chi connectivity index (χ1n) is 10.2. The van der Waals surface area contributed by atoms with E-state index in [4.69, 9.17) is 9.47 Å². The standard InChI is InChI=1S/C26H27NO4/c1-18(15-20-9-11-22(12-10-20)26(28)30-3)24-16-23(19(2)27-29)13-14-25(24)31-17-21-7-5-4-6-8-21/h4-14,16,18,29H,15,17H2,1-3H3. The van der Waals surface area contributed by atoms with Crippen molar-refractivity contribution in [1.29, 1.82) is 0 Å². The molecule has 3 aromatic rings. The van der Waals surface area contributed by atoms with Crippen molar-refractivity contribution in [3.8, 4) is 5.75 Å². The highest BCUT2D eigenvalue weighted by Gasteiger charge is 2.16. The van der Waals surface area contributed by atoms with Crippen LogP contribution in [0.15, 0.2) is 78.0 Å². The van der Waals surface area contributed by atoms with Gasteiger partial charge in [-0.15, -0.1) is 0 Å². The fourth-order valence-electron chi connectivity index (χ4n) is 3.44. The predicted molar refractivity (Wildman–Crippen MR) is 121 cm³/mol. The Bertz CT molecular complexity index is 1040. The number of methoxy groups -OCH3 is 1. The molecule has 1 N–H and O–H groups in total. The van der Waals surface area contributed by atoms with Crippen LogP contribution in [-0.2, 0) is 17.8 Å². The number of hydrogen-bond donors (Lipinski definition) is 1. The number of carbonyl (C=O) groups excluding carboxylic acids is 1. The summed E-state index contributed by atoms with van der Waals surface area (Å²) in [4.78, 5) is 11.7. The number of oxime groups is 1. The van der Waals surface area contributed by atoms with Gasteiger partial charge in [-0.05, 0) is 71.8 Å². The highest BCUT2D eigenvalue weighted by Crippen LogP contribution is 2.31. The maximum Gasteiger partial charge on any atom is 0.337 e. The molecule has 1 unspecified atom stereocenters. The lowest BCUT2D eigenvalue weighted by molar-refractivity contribution is 0.0600. The van der Waals surface area contributed by atoms with Crippen LogP contribution in [0.25, 0.3) is 0 Å². The van der Waals surface area contributed by atoms with Gasteiger partial charge in [-0.25, -0.2) is 4.79 Å². The topological polar surface area (TPSA) is 68.1 Å². The van der Waals surface area contributed by atoms with Crippen molar-refractivity contribution < 1.29 is 19.5 Å². The molecule has 0 saturated heterocycles. The maximum absolute atomic E-state index is 11.7. The minimum Gasteiger partial charge on any atom is -0.489 e. The Hall–Kier alpha value is -3.60. The van der Waals surface area contributed by atoms with Gasteiger partial charge in [0.15, 0.2) is 0 Å². The van der Waals surface area contributed by atoms with E-state index in [1.807, 2.05) is 60.7 Å². The molecule has 0 aliphatic rings. The van der Waals surface area contributed by atoms with Gasteiger partial charge in [0.25, 0.3) is 0 Å². The zero-order valence-corrected chi connectivity index (χ0v) is 18.0. The second-order valence-electron chi connectivity index (χ2n) is 7.51. The summed E-state index contributed by atoms with van der Waals surface area (Å²) < 4.78 is 10.9. The molecule has 3 aromatic carbocycles. The summed E-state index contributed by atoms with van der Waals surface area (Å²) in [5.74, 6) is 0.598. The van der Waals surface area contributed by atoms with E-state index in [-0.39, 0.29) is 11.9 Å². The van der Waals surface area contributed by atoms with E-state index >= 15 is 0 Å². The average Bonchev–Trinajstić information content (AvgIpc) is 2.82. The Morgan fingerprint density at radius 3 is 2.29 bits per heavy atom. The van der Waals surface area contributed by atoms with Crippen LogP contribution >= 0.6 is 0 Å². The van der Waals surface area contributed by atoms with Crippen molar-refractivity contribution in [3.63, 3.8) is 0 Å². The third-order valence-electron chi connectivity index (χ3n) is 5.26. The highest BCUT2D eigenvalue weighted by molar-refractivity contribution is 5.98. The summed E-state index contributed by atoms with van der Waals surface area (Å²) in [5.41, 5.74) is 5.16. The molecule has 0 bridgehead atoms. The van der Waals surface area contributed by atoms with Gasteiger partial charge in [0.1, 0.15) is 12.4 Å². The van der Waals surface area contributed by atoms with E-state index in [0.717, 1.165) is 34.4 Å². The lowest BCUT2D eigenvalue weighted by atomic mass is 9.91. The van der Waals surface area contributed by atoms with Gasteiger partial charge in [0.05, 0.1) is 18.4 Å². The first kappa shape index (κ1) is 22.1. The van der Waals surface area contributed by atoms with Crippen LogP contribution in [0.1, 0.15) is 52.4 Å². The number of carbonyl (C=O) groups is 1. The summed E-state index contributed by atoms with van der Waals surface area (Å²) in [6.07, 6.45) is 0.766. The molecule has 0 amide bonds. The van der Waals surface area contributed by atoms with Crippen LogP contribution in [0.3, 0.4) is 0 Å². The molecule has 0 saturated carbocycles. The predicted octanol–water partition coefficient (Wildman–Crippen LogP) is 5.60. The molecule has 160 valence electrons. The molecule has 0 spiro atoms. The second-order valence-corrected chi connectivity index (χ2v) is 7.51. The maximum atomic E-state index is 11.7. The molecular formula is C26H27NO4. The van der Waals surface area contributed by atoms with Crippen molar-refractivity contribution in [3.05, 3.63) is 101 Å². The Kier molecular flexibility index (Phi) is 7.44. The van der Waals surface area contributed by atoms with Crippen molar-refractivity contribution >= 4 is 11.7 Å². The third kappa shape index (κ3) is 5.72. The molecule has 0 heterocycles. The minimum atomic E-state index is -0.345. The normalized spacial score (nSPS) is 12.3. The molecule has 31 heavy (non-hydrogen) atoms. The third-order valence-corrected chi connectivity index (χ3v) is 5.26. The Labute approximate surface area is 182 Å². The molecule has 0 fully saturated rings. The highest BCUT2D eigenvalue weighted by atomic mass is 16.5. The number of rotatable bonds is 8. The molecule has 0 aliphatic carbocycles. The van der Waals surface area contributed by atoms with E-state index in [1.165, 1.54) is 7.11 Å². The second kappa shape index (κ2) is 10.4. The van der Waals surface area contributed by atoms with Crippen LogP contribution in [0, 0.1) is 0 Å². The van der Waals surface area contributed by atoms with E-state index in [2.05, 4.69) is 12.1 Å². The van der Waals surface area contributed by atoms with E-state index < -0.39 is 0 Å². The van der Waals surface area contributed by atoms with Gasteiger partial charge in [-0.2, -0.15) is 0 Å². The lowest BCUT2D eigenvalue weighted by Gasteiger charge is -2.19. The van der Waals surface area contributed by atoms with E-state index in [9.17, 15) is 10.0 Å². The summed E-state index contributed by atoms with van der Waals surface area (Å²) in [7, 11) is 1.37. The van der Waals surface area contributed by atoms with Crippen molar-refractivity contribution in [1.82, 2.24) is 0 Å². The average molecular weight is 418 g/mol. The minimum absolute atomic E-state index is 0.140. The van der Waals surface area contributed by atoms with Crippen LogP contribution in [0.5, 0.6) is 5.75 Å². The lowest BCUT2D eigenvalue weighted by Crippen LogP contribution is -2.07. The molecule has 0 aromatic heterocycles. The zero-order chi connectivity index (χ0) is 22.2.